The largest absolute Gasteiger partial charge is 0.496 e. The van der Waals surface area contributed by atoms with E-state index in [0.717, 1.165) is 29.1 Å². The molecule has 1 aromatic carbocycles. The number of methoxy groups -OCH3 is 2. The maximum Gasteiger partial charge on any atom is 0.247 e. The van der Waals surface area contributed by atoms with Crippen molar-refractivity contribution >= 4 is 11.5 Å². The molecule has 0 aliphatic carbocycles. The number of para-hydroxylation sites is 1. The van der Waals surface area contributed by atoms with Crippen molar-refractivity contribution in [2.75, 3.05) is 20.8 Å². The fourth-order valence-electron chi connectivity index (χ4n) is 3.25. The van der Waals surface area contributed by atoms with Gasteiger partial charge in [0.15, 0.2) is 0 Å². The number of likely N-dealkylation sites (tertiary alicyclic amines) is 1. The van der Waals surface area contributed by atoms with Gasteiger partial charge in [0, 0.05) is 44.1 Å². The van der Waals surface area contributed by atoms with Gasteiger partial charge in [-0.3, -0.25) is 4.79 Å². The first-order valence-corrected chi connectivity index (χ1v) is 8.28. The maximum absolute atomic E-state index is 12.9. The van der Waals surface area contributed by atoms with Crippen LogP contribution in [0, 0.1) is 0 Å². The van der Waals surface area contributed by atoms with Gasteiger partial charge < -0.3 is 19.4 Å². The molecule has 1 aliphatic heterocycles. The molecule has 0 spiro atoms. The van der Waals surface area contributed by atoms with Gasteiger partial charge in [0.05, 0.1) is 19.3 Å². The number of nitrogens with zero attached hydrogens (tertiary/aromatic N) is 2. The van der Waals surface area contributed by atoms with Crippen LogP contribution in [0.1, 0.15) is 30.8 Å². The van der Waals surface area contributed by atoms with Gasteiger partial charge in [-0.25, -0.2) is 4.98 Å². The van der Waals surface area contributed by atoms with Crippen LogP contribution < -0.4 is 4.74 Å². The maximum atomic E-state index is 12.9. The summed E-state index contributed by atoms with van der Waals surface area (Å²) in [5, 5.41) is 0. The molecule has 132 valence electrons. The summed E-state index contributed by atoms with van der Waals surface area (Å²) >= 11 is 0. The lowest BCUT2D eigenvalue weighted by Crippen LogP contribution is -2.31. The number of benzene rings is 1. The average molecular weight is 341 g/mol. The first-order valence-electron chi connectivity index (χ1n) is 8.28. The van der Waals surface area contributed by atoms with Crippen LogP contribution in [-0.4, -0.2) is 47.6 Å². The molecule has 1 N–H and O–H groups in total. The summed E-state index contributed by atoms with van der Waals surface area (Å²) in [7, 11) is 3.30. The normalized spacial score (nSPS) is 20.8. The van der Waals surface area contributed by atoms with Gasteiger partial charge in [0.25, 0.3) is 0 Å². The van der Waals surface area contributed by atoms with Gasteiger partial charge in [-0.15, -0.1) is 0 Å². The van der Waals surface area contributed by atoms with Crippen LogP contribution in [0.15, 0.2) is 42.7 Å². The molecule has 0 radical (unpaired) electrons. The van der Waals surface area contributed by atoms with Crippen molar-refractivity contribution in [2.24, 2.45) is 0 Å². The van der Waals surface area contributed by atoms with E-state index in [1.54, 1.807) is 32.7 Å². The minimum absolute atomic E-state index is 0.0130. The molecule has 0 saturated carbocycles. The van der Waals surface area contributed by atoms with Crippen molar-refractivity contribution in [1.82, 2.24) is 14.9 Å². The number of hydrogen-bond donors (Lipinski definition) is 1. The third kappa shape index (κ3) is 3.58. The zero-order valence-corrected chi connectivity index (χ0v) is 14.7. The van der Waals surface area contributed by atoms with Gasteiger partial charge in [0.1, 0.15) is 11.6 Å². The standard InChI is InChI=1S/C19H23N3O3/c1-13(15-6-4-5-7-17(15)25-3)10-18(23)22-12-14(24-2)11-16(22)19-20-8-9-21-19/h4-10,14,16H,11-12H2,1-3H3,(H,20,21)/b13-10+/t14-,16?/m1/s1. The third-order valence-electron chi connectivity index (χ3n) is 4.59. The van der Waals surface area contributed by atoms with E-state index in [4.69, 9.17) is 9.47 Å². The van der Waals surface area contributed by atoms with Crippen LogP contribution in [-0.2, 0) is 9.53 Å². The molecule has 0 bridgehead atoms. The Bertz CT molecular complexity index is 755. The van der Waals surface area contributed by atoms with E-state index in [1.807, 2.05) is 36.1 Å². The highest BCUT2D eigenvalue weighted by Crippen LogP contribution is 2.32. The first kappa shape index (κ1) is 17.2. The summed E-state index contributed by atoms with van der Waals surface area (Å²) in [4.78, 5) is 22.1. The van der Waals surface area contributed by atoms with E-state index in [0.29, 0.717) is 6.54 Å². The third-order valence-corrected chi connectivity index (χ3v) is 4.59. The molecular formula is C19H23N3O3. The minimum Gasteiger partial charge on any atom is -0.496 e. The van der Waals surface area contributed by atoms with E-state index >= 15 is 0 Å². The summed E-state index contributed by atoms with van der Waals surface area (Å²) in [5.74, 6) is 1.49. The molecule has 2 atom stereocenters. The molecular weight excluding hydrogens is 318 g/mol. The van der Waals surface area contributed by atoms with Gasteiger partial charge >= 0.3 is 0 Å². The second-order valence-electron chi connectivity index (χ2n) is 6.10. The van der Waals surface area contributed by atoms with Gasteiger partial charge in [-0.2, -0.15) is 0 Å². The summed E-state index contributed by atoms with van der Waals surface area (Å²) in [6.45, 7) is 2.47. The molecule has 1 fully saturated rings. The van der Waals surface area contributed by atoms with Crippen molar-refractivity contribution in [3.8, 4) is 5.75 Å². The van der Waals surface area contributed by atoms with E-state index in [-0.39, 0.29) is 18.1 Å². The lowest BCUT2D eigenvalue weighted by atomic mass is 10.1. The van der Waals surface area contributed by atoms with Crippen LogP contribution in [0.4, 0.5) is 0 Å². The Balaban J connectivity index is 1.85. The van der Waals surface area contributed by atoms with E-state index < -0.39 is 0 Å². The topological polar surface area (TPSA) is 67.4 Å². The zero-order valence-electron chi connectivity index (χ0n) is 14.7. The highest BCUT2D eigenvalue weighted by Gasteiger charge is 2.37. The lowest BCUT2D eigenvalue weighted by Gasteiger charge is -2.22. The van der Waals surface area contributed by atoms with E-state index in [9.17, 15) is 4.79 Å². The molecule has 2 heterocycles. The smallest absolute Gasteiger partial charge is 0.247 e. The summed E-state index contributed by atoms with van der Waals surface area (Å²) in [6, 6.07) is 7.58. The Morgan fingerprint density at radius 2 is 2.16 bits per heavy atom. The Hall–Kier alpha value is -2.60. The second-order valence-corrected chi connectivity index (χ2v) is 6.10. The number of carbonyl (C=O) groups excluding carboxylic acids is 1. The van der Waals surface area contributed by atoms with Crippen molar-refractivity contribution in [2.45, 2.75) is 25.5 Å². The van der Waals surface area contributed by atoms with Crippen molar-refractivity contribution in [3.63, 3.8) is 0 Å². The van der Waals surface area contributed by atoms with Crippen LogP contribution in [0.3, 0.4) is 0 Å². The molecule has 1 aromatic heterocycles. The van der Waals surface area contributed by atoms with Crippen molar-refractivity contribution < 1.29 is 14.3 Å². The monoisotopic (exact) mass is 341 g/mol. The number of amides is 1. The number of H-pyrrole nitrogens is 1. The predicted octanol–water partition coefficient (Wildman–Crippen LogP) is 2.81. The number of nitrogens with one attached hydrogen (secondary N) is 1. The molecule has 1 unspecified atom stereocenters. The van der Waals surface area contributed by atoms with Crippen LogP contribution in [0.25, 0.3) is 5.57 Å². The Labute approximate surface area is 147 Å². The van der Waals surface area contributed by atoms with Gasteiger partial charge in [-0.05, 0) is 18.6 Å². The summed E-state index contributed by atoms with van der Waals surface area (Å²) in [5.41, 5.74) is 1.77. The highest BCUT2D eigenvalue weighted by molar-refractivity contribution is 5.95. The van der Waals surface area contributed by atoms with Crippen molar-refractivity contribution in [3.05, 3.63) is 54.1 Å². The van der Waals surface area contributed by atoms with Crippen molar-refractivity contribution in [1.29, 1.82) is 0 Å². The predicted molar refractivity (Wildman–Crippen MR) is 95.1 cm³/mol. The number of ether oxygens (including phenoxy) is 2. The molecule has 1 aliphatic rings. The van der Waals surface area contributed by atoms with Gasteiger partial charge in [-0.1, -0.05) is 18.2 Å². The quantitative estimate of drug-likeness (QED) is 0.849. The molecule has 25 heavy (non-hydrogen) atoms. The highest BCUT2D eigenvalue weighted by atomic mass is 16.5. The Kier molecular flexibility index (Phi) is 5.19. The SMILES string of the molecule is COc1ccccc1/C(C)=C/C(=O)N1C[C@H](OC)CC1c1ncc[nH]1. The van der Waals surface area contributed by atoms with E-state index in [2.05, 4.69) is 9.97 Å². The van der Waals surface area contributed by atoms with Crippen LogP contribution in [0.2, 0.25) is 0 Å². The average Bonchev–Trinajstić information content (AvgIpc) is 3.30. The number of aromatic amines is 1. The number of aromatic nitrogens is 2. The van der Waals surface area contributed by atoms with Gasteiger partial charge in [0.2, 0.25) is 5.91 Å². The molecule has 6 heteroatoms. The number of carbonyl (C=O) groups is 1. The van der Waals surface area contributed by atoms with Crippen LogP contribution in [0.5, 0.6) is 5.75 Å². The number of hydrogen-bond acceptors (Lipinski definition) is 4. The second kappa shape index (κ2) is 7.53. The number of rotatable bonds is 5. The minimum atomic E-state index is -0.103. The van der Waals surface area contributed by atoms with E-state index in [1.165, 1.54) is 0 Å². The zero-order chi connectivity index (χ0) is 17.8. The summed E-state index contributed by atoms with van der Waals surface area (Å²) < 4.78 is 10.9. The van der Waals surface area contributed by atoms with Crippen LogP contribution >= 0.6 is 0 Å². The molecule has 2 aromatic rings. The molecule has 1 amide bonds. The number of imidazole rings is 1. The molecule has 1 saturated heterocycles. The molecule has 6 nitrogen and oxygen atoms in total. The molecule has 3 rings (SSSR count). The first-order chi connectivity index (χ1) is 12.1. The fourth-order valence-corrected chi connectivity index (χ4v) is 3.25. The number of allylic oxidation sites excluding steroid dienone is 1. The fraction of sp³-hybridized carbons (Fsp3) is 0.368. The Morgan fingerprint density at radius 3 is 2.84 bits per heavy atom. The Morgan fingerprint density at radius 1 is 1.36 bits per heavy atom. The lowest BCUT2D eigenvalue weighted by molar-refractivity contribution is -0.127. The summed E-state index contributed by atoms with van der Waals surface area (Å²) in [6.07, 6.45) is 5.88.